The van der Waals surface area contributed by atoms with Crippen molar-refractivity contribution >= 4 is 11.7 Å². The van der Waals surface area contributed by atoms with Crippen LogP contribution in [0.4, 0.5) is 0 Å². The zero-order valence-corrected chi connectivity index (χ0v) is 16.1. The highest BCUT2D eigenvalue weighted by Gasteiger charge is 2.13. The van der Waals surface area contributed by atoms with Crippen molar-refractivity contribution < 1.29 is 9.59 Å². The second kappa shape index (κ2) is 15.2. The van der Waals surface area contributed by atoms with E-state index < -0.39 is 0 Å². The molecule has 0 fully saturated rings. The lowest BCUT2D eigenvalue weighted by molar-refractivity contribution is -0.121. The second-order valence-electron chi connectivity index (χ2n) is 6.67. The Kier molecular flexibility index (Phi) is 14.4. The molecular weight excluding hydrogens is 300 g/mol. The molecule has 2 N–H and O–H groups in total. The minimum atomic E-state index is -0.139. The summed E-state index contributed by atoms with van der Waals surface area (Å²) in [5.41, 5.74) is 0.966. The molecule has 0 aromatic rings. The van der Waals surface area contributed by atoms with Gasteiger partial charge >= 0.3 is 0 Å². The number of unbranched alkanes of at least 4 members (excludes halogenated alkanes) is 5. The molecule has 4 heteroatoms. The summed E-state index contributed by atoms with van der Waals surface area (Å²) in [5, 5.41) is 6.24. The highest BCUT2D eigenvalue weighted by Crippen LogP contribution is 2.09. The smallest absolute Gasteiger partial charge is 0.219 e. The summed E-state index contributed by atoms with van der Waals surface area (Å²) in [6.07, 6.45) is 10.9. The molecule has 0 aliphatic carbocycles. The third-order valence-electron chi connectivity index (χ3n) is 4.20. The number of Topliss-reactive ketones (excluding diaryl/α,β-unsaturated/α-hetero) is 1. The average Bonchev–Trinajstić information content (AvgIpc) is 2.53. The molecule has 1 amide bonds. The summed E-state index contributed by atoms with van der Waals surface area (Å²) in [6, 6.07) is -0.139. The van der Waals surface area contributed by atoms with Crippen LogP contribution in [0.2, 0.25) is 0 Å². The number of carbonyl (C=O) groups is 2. The van der Waals surface area contributed by atoms with E-state index in [1.54, 1.807) is 6.92 Å². The van der Waals surface area contributed by atoms with Gasteiger partial charge < -0.3 is 10.6 Å². The maximum absolute atomic E-state index is 11.8. The van der Waals surface area contributed by atoms with Crippen LogP contribution in [-0.2, 0) is 9.59 Å². The minimum Gasteiger partial charge on any atom is -0.379 e. The number of amides is 1. The lowest BCUT2D eigenvalue weighted by Crippen LogP contribution is -2.34. The van der Waals surface area contributed by atoms with Crippen LogP contribution in [0, 0.1) is 0 Å². The molecule has 140 valence electrons. The van der Waals surface area contributed by atoms with Gasteiger partial charge in [0.25, 0.3) is 0 Å². The molecule has 4 nitrogen and oxygen atoms in total. The molecule has 0 saturated heterocycles. The van der Waals surface area contributed by atoms with Crippen molar-refractivity contribution in [3.8, 4) is 0 Å². The SMILES string of the molecule is C=C(CCCCC)NC(CCCCNC(=O)CCCCC)C(C)=O. The van der Waals surface area contributed by atoms with Gasteiger partial charge in [0.1, 0.15) is 0 Å². The van der Waals surface area contributed by atoms with E-state index in [1.807, 2.05) is 0 Å². The first-order valence-corrected chi connectivity index (χ1v) is 9.72. The fourth-order valence-corrected chi connectivity index (χ4v) is 2.61. The molecular formula is C20H38N2O2. The molecule has 0 spiro atoms. The zero-order valence-electron chi connectivity index (χ0n) is 16.1. The molecule has 1 atom stereocenters. The number of hydrogen-bond donors (Lipinski definition) is 2. The Labute approximate surface area is 148 Å². The number of ketones is 1. The fourth-order valence-electron chi connectivity index (χ4n) is 2.61. The van der Waals surface area contributed by atoms with Gasteiger partial charge in [0, 0.05) is 18.7 Å². The Balaban J connectivity index is 3.83. The Hall–Kier alpha value is -1.32. The van der Waals surface area contributed by atoms with Crippen molar-refractivity contribution in [1.29, 1.82) is 0 Å². The van der Waals surface area contributed by atoms with E-state index in [4.69, 9.17) is 0 Å². The molecule has 0 aliphatic heterocycles. The van der Waals surface area contributed by atoms with Gasteiger partial charge in [0.2, 0.25) is 5.91 Å². The Bertz CT molecular complexity index is 367. The fraction of sp³-hybridized carbons (Fsp3) is 0.800. The van der Waals surface area contributed by atoms with Gasteiger partial charge in [-0.05, 0) is 45.4 Å². The van der Waals surface area contributed by atoms with Crippen LogP contribution in [0.5, 0.6) is 0 Å². The van der Waals surface area contributed by atoms with Crippen LogP contribution in [0.1, 0.15) is 91.4 Å². The Morgan fingerprint density at radius 3 is 2.12 bits per heavy atom. The standard InChI is InChI=1S/C20H38N2O2/c1-5-7-9-13-17(3)22-19(18(4)23)14-11-12-16-21-20(24)15-10-8-6-2/h19,22H,3,5-16H2,1-2,4H3,(H,21,24). The van der Waals surface area contributed by atoms with Gasteiger partial charge in [-0.15, -0.1) is 0 Å². The summed E-state index contributed by atoms with van der Waals surface area (Å²) in [5.74, 6) is 0.309. The third kappa shape index (κ3) is 13.1. The van der Waals surface area contributed by atoms with Gasteiger partial charge in [-0.1, -0.05) is 46.1 Å². The number of rotatable bonds is 16. The summed E-state index contributed by atoms with van der Waals surface area (Å²) < 4.78 is 0. The van der Waals surface area contributed by atoms with E-state index in [2.05, 4.69) is 31.1 Å². The first-order valence-electron chi connectivity index (χ1n) is 9.72. The van der Waals surface area contributed by atoms with Gasteiger partial charge in [0.15, 0.2) is 5.78 Å². The first-order chi connectivity index (χ1) is 11.5. The van der Waals surface area contributed by atoms with Crippen LogP contribution < -0.4 is 10.6 Å². The van der Waals surface area contributed by atoms with Gasteiger partial charge in [-0.3, -0.25) is 9.59 Å². The van der Waals surface area contributed by atoms with E-state index in [0.29, 0.717) is 13.0 Å². The Morgan fingerprint density at radius 2 is 1.54 bits per heavy atom. The molecule has 0 heterocycles. The zero-order chi connectivity index (χ0) is 18.2. The van der Waals surface area contributed by atoms with Gasteiger partial charge in [-0.2, -0.15) is 0 Å². The van der Waals surface area contributed by atoms with Crippen LogP contribution in [-0.4, -0.2) is 24.3 Å². The van der Waals surface area contributed by atoms with Gasteiger partial charge in [-0.25, -0.2) is 0 Å². The van der Waals surface area contributed by atoms with Gasteiger partial charge in [0.05, 0.1) is 6.04 Å². The summed E-state index contributed by atoms with van der Waals surface area (Å²) in [7, 11) is 0. The van der Waals surface area contributed by atoms with Crippen molar-refractivity contribution in [2.24, 2.45) is 0 Å². The molecule has 24 heavy (non-hydrogen) atoms. The first kappa shape index (κ1) is 22.7. The van der Waals surface area contributed by atoms with Crippen molar-refractivity contribution in [2.75, 3.05) is 6.54 Å². The van der Waals surface area contributed by atoms with E-state index >= 15 is 0 Å². The van der Waals surface area contributed by atoms with Crippen LogP contribution in [0.15, 0.2) is 12.3 Å². The second-order valence-corrected chi connectivity index (χ2v) is 6.67. The van der Waals surface area contributed by atoms with Crippen molar-refractivity contribution in [1.82, 2.24) is 10.6 Å². The molecule has 0 rings (SSSR count). The van der Waals surface area contributed by atoms with Crippen molar-refractivity contribution in [2.45, 2.75) is 97.4 Å². The van der Waals surface area contributed by atoms with Crippen LogP contribution in [0.3, 0.4) is 0 Å². The molecule has 1 unspecified atom stereocenters. The van der Waals surface area contributed by atoms with E-state index in [1.165, 1.54) is 12.8 Å². The topological polar surface area (TPSA) is 58.2 Å². The summed E-state index contributed by atoms with van der Waals surface area (Å²) in [6.45, 7) is 10.7. The predicted molar refractivity (Wildman–Crippen MR) is 102 cm³/mol. The normalized spacial score (nSPS) is 11.8. The van der Waals surface area contributed by atoms with Crippen LogP contribution >= 0.6 is 0 Å². The number of hydrogen-bond acceptors (Lipinski definition) is 3. The number of carbonyl (C=O) groups excluding carboxylic acids is 2. The van der Waals surface area contributed by atoms with Crippen molar-refractivity contribution in [3.05, 3.63) is 12.3 Å². The molecule has 0 saturated carbocycles. The monoisotopic (exact) mass is 338 g/mol. The number of allylic oxidation sites excluding steroid dienone is 1. The highest BCUT2D eigenvalue weighted by atomic mass is 16.1. The third-order valence-corrected chi connectivity index (χ3v) is 4.20. The average molecular weight is 339 g/mol. The quantitative estimate of drug-likeness (QED) is 0.408. The largest absolute Gasteiger partial charge is 0.379 e. The predicted octanol–water partition coefficient (Wildman–Crippen LogP) is 4.49. The van der Waals surface area contributed by atoms with Crippen molar-refractivity contribution in [3.63, 3.8) is 0 Å². The minimum absolute atomic E-state index is 0.139. The molecule has 0 aliphatic rings. The number of nitrogens with one attached hydrogen (secondary N) is 2. The maximum Gasteiger partial charge on any atom is 0.219 e. The summed E-state index contributed by atoms with van der Waals surface area (Å²) >= 11 is 0. The molecule has 0 aromatic carbocycles. The summed E-state index contributed by atoms with van der Waals surface area (Å²) in [4.78, 5) is 23.4. The van der Waals surface area contributed by atoms with E-state index in [9.17, 15) is 9.59 Å². The van der Waals surface area contributed by atoms with E-state index in [-0.39, 0.29) is 17.7 Å². The van der Waals surface area contributed by atoms with Crippen LogP contribution in [0.25, 0.3) is 0 Å². The highest BCUT2D eigenvalue weighted by molar-refractivity contribution is 5.81. The Morgan fingerprint density at radius 1 is 0.917 bits per heavy atom. The molecule has 0 radical (unpaired) electrons. The van der Waals surface area contributed by atoms with E-state index in [0.717, 1.165) is 57.1 Å². The lowest BCUT2D eigenvalue weighted by Gasteiger charge is -2.19. The maximum atomic E-state index is 11.8. The lowest BCUT2D eigenvalue weighted by atomic mass is 10.0. The molecule has 0 aromatic heterocycles. The molecule has 0 bridgehead atoms.